The van der Waals surface area contributed by atoms with E-state index >= 15 is 0 Å². The maximum absolute atomic E-state index is 12.6. The molecular formula is C23H35NO6. The molecule has 1 unspecified atom stereocenters. The molecule has 0 fully saturated rings. The smallest absolute Gasteiger partial charge is 0.410 e. The Kier molecular flexibility index (Phi) is 7.69. The van der Waals surface area contributed by atoms with Crippen LogP contribution in [0.4, 0.5) is 4.79 Å². The second-order valence-electron chi connectivity index (χ2n) is 9.82. The molecule has 1 aromatic carbocycles. The average Bonchev–Trinajstić information content (AvgIpc) is 2.58. The summed E-state index contributed by atoms with van der Waals surface area (Å²) in [5.41, 5.74) is -0.974. The first-order chi connectivity index (χ1) is 13.5. The summed E-state index contributed by atoms with van der Waals surface area (Å²) in [6, 6.07) is 5.85. The van der Waals surface area contributed by atoms with Crippen molar-refractivity contribution in [2.24, 2.45) is 0 Å². The predicted molar refractivity (Wildman–Crippen MR) is 114 cm³/mol. The van der Waals surface area contributed by atoms with Gasteiger partial charge >= 0.3 is 18.0 Å². The minimum Gasteiger partial charge on any atom is -0.467 e. The van der Waals surface area contributed by atoms with Crippen LogP contribution in [0.1, 0.15) is 71.3 Å². The topological polar surface area (TPSA) is 82.1 Å². The molecule has 30 heavy (non-hydrogen) atoms. The highest BCUT2D eigenvalue weighted by Gasteiger charge is 2.43. The van der Waals surface area contributed by atoms with Gasteiger partial charge in [0, 0.05) is 12.5 Å². The second kappa shape index (κ2) is 9.06. The lowest BCUT2D eigenvalue weighted by atomic mass is 9.77. The van der Waals surface area contributed by atoms with E-state index in [0.29, 0.717) is 5.56 Å². The molecule has 7 nitrogen and oxygen atoms in total. The molecule has 0 aromatic heterocycles. The first kappa shape index (κ1) is 25.5. The molecule has 0 spiro atoms. The van der Waals surface area contributed by atoms with Crippen LogP contribution in [0.3, 0.4) is 0 Å². The predicted octanol–water partition coefficient (Wildman–Crippen LogP) is 4.33. The molecule has 7 heteroatoms. The molecule has 1 aromatic rings. The van der Waals surface area contributed by atoms with Crippen molar-refractivity contribution >= 4 is 18.0 Å². The number of carbonyl (C=O) groups excluding carboxylic acids is 3. The van der Waals surface area contributed by atoms with Crippen LogP contribution in [0.2, 0.25) is 0 Å². The molecule has 0 N–H and O–H groups in total. The van der Waals surface area contributed by atoms with Gasteiger partial charge in [0.2, 0.25) is 0 Å². The summed E-state index contributed by atoms with van der Waals surface area (Å²) >= 11 is 0. The van der Waals surface area contributed by atoms with Crippen LogP contribution in [-0.4, -0.2) is 54.3 Å². The van der Waals surface area contributed by atoms with Crippen LogP contribution in [0.25, 0.3) is 0 Å². The largest absolute Gasteiger partial charge is 0.467 e. The quantitative estimate of drug-likeness (QED) is 0.520. The zero-order valence-corrected chi connectivity index (χ0v) is 19.8. The summed E-state index contributed by atoms with van der Waals surface area (Å²) in [7, 11) is 2.78. The molecule has 0 aliphatic heterocycles. The molecule has 0 aliphatic rings. The number of amides is 1. The summed E-state index contributed by atoms with van der Waals surface area (Å²) in [6.07, 6.45) is -0.628. The highest BCUT2D eigenvalue weighted by molar-refractivity contribution is 5.90. The van der Waals surface area contributed by atoms with E-state index in [9.17, 15) is 14.4 Å². The van der Waals surface area contributed by atoms with Crippen molar-refractivity contribution in [2.45, 2.75) is 78.0 Å². The number of methoxy groups -OCH3 is 1. The van der Waals surface area contributed by atoms with Gasteiger partial charge in [-0.2, -0.15) is 0 Å². The number of rotatable bonds is 5. The zero-order valence-electron chi connectivity index (χ0n) is 19.8. The Morgan fingerprint density at radius 3 is 1.70 bits per heavy atom. The van der Waals surface area contributed by atoms with Gasteiger partial charge in [0.1, 0.15) is 17.2 Å². The normalized spacial score (nSPS) is 13.3. The van der Waals surface area contributed by atoms with E-state index in [4.69, 9.17) is 14.2 Å². The fourth-order valence-corrected chi connectivity index (χ4v) is 3.02. The fourth-order valence-electron chi connectivity index (χ4n) is 3.02. The maximum atomic E-state index is 12.6. The summed E-state index contributed by atoms with van der Waals surface area (Å²) in [5.74, 6) is -0.994. The van der Waals surface area contributed by atoms with Gasteiger partial charge in [0.15, 0.2) is 0 Å². The number of ether oxygens (including phenoxy) is 3. The van der Waals surface area contributed by atoms with Crippen molar-refractivity contribution in [3.63, 3.8) is 0 Å². The second-order valence-corrected chi connectivity index (χ2v) is 9.82. The molecular weight excluding hydrogens is 386 g/mol. The van der Waals surface area contributed by atoms with Crippen LogP contribution in [-0.2, 0) is 24.4 Å². The Balaban J connectivity index is 3.23. The van der Waals surface area contributed by atoms with Crippen molar-refractivity contribution in [3.05, 3.63) is 35.4 Å². The zero-order chi connectivity index (χ0) is 23.5. The first-order valence-electron chi connectivity index (χ1n) is 9.87. The van der Waals surface area contributed by atoms with Crippen LogP contribution in [0, 0.1) is 0 Å². The van der Waals surface area contributed by atoms with Gasteiger partial charge in [0.05, 0.1) is 12.7 Å². The number of carbonyl (C=O) groups is 3. The number of benzene rings is 1. The van der Waals surface area contributed by atoms with Crippen LogP contribution >= 0.6 is 0 Å². The number of nitrogens with zero attached hydrogens (tertiary/aromatic N) is 1. The van der Waals surface area contributed by atoms with E-state index in [1.807, 2.05) is 13.8 Å². The van der Waals surface area contributed by atoms with Crippen molar-refractivity contribution in [1.82, 2.24) is 4.90 Å². The minimum absolute atomic E-state index is 0.402. The van der Waals surface area contributed by atoms with Crippen molar-refractivity contribution in [2.75, 3.05) is 14.2 Å². The van der Waals surface area contributed by atoms with E-state index < -0.39 is 40.7 Å². The molecule has 1 rings (SSSR count). The Hall–Kier alpha value is -2.57. The molecule has 0 radical (unpaired) electrons. The summed E-state index contributed by atoms with van der Waals surface area (Å²) < 4.78 is 15.8. The van der Waals surface area contributed by atoms with Gasteiger partial charge in [-0.3, -0.25) is 4.90 Å². The van der Waals surface area contributed by atoms with Gasteiger partial charge in [-0.1, -0.05) is 26.0 Å². The number of likely N-dealkylation sites (N-methyl/N-ethyl adjacent to an activating group) is 1. The third-order valence-corrected chi connectivity index (χ3v) is 4.44. The van der Waals surface area contributed by atoms with Gasteiger partial charge in [-0.25, -0.2) is 14.4 Å². The van der Waals surface area contributed by atoms with Gasteiger partial charge in [-0.15, -0.1) is 0 Å². The highest BCUT2D eigenvalue weighted by atomic mass is 16.6. The van der Waals surface area contributed by atoms with E-state index in [0.717, 1.165) is 5.56 Å². The third kappa shape index (κ3) is 6.75. The van der Waals surface area contributed by atoms with Crippen molar-refractivity contribution in [3.8, 4) is 0 Å². The standard InChI is InChI=1S/C23H35NO6/c1-21(2,3)29-18(25)15-11-13-16(14-12-15)23(7,8)17(19(26)28-10)24(9)20(27)30-22(4,5)6/h11-14,17H,1-10H3. The molecule has 0 aliphatic carbocycles. The van der Waals surface area contributed by atoms with Crippen molar-refractivity contribution < 1.29 is 28.6 Å². The summed E-state index contributed by atoms with van der Waals surface area (Å²) in [4.78, 5) is 38.8. The van der Waals surface area contributed by atoms with Crippen LogP contribution < -0.4 is 0 Å². The molecule has 1 atom stereocenters. The first-order valence-corrected chi connectivity index (χ1v) is 9.87. The SMILES string of the molecule is COC(=O)C(N(C)C(=O)OC(C)(C)C)C(C)(C)c1ccc(C(=O)OC(C)(C)C)cc1. The monoisotopic (exact) mass is 421 g/mol. The average molecular weight is 422 g/mol. The van der Waals surface area contributed by atoms with Crippen LogP contribution in [0.15, 0.2) is 24.3 Å². The van der Waals surface area contributed by atoms with Gasteiger partial charge < -0.3 is 14.2 Å². The third-order valence-electron chi connectivity index (χ3n) is 4.44. The minimum atomic E-state index is -0.940. The number of hydrogen-bond donors (Lipinski definition) is 0. The van der Waals surface area contributed by atoms with Crippen LogP contribution in [0.5, 0.6) is 0 Å². The molecule has 0 heterocycles. The lowest BCUT2D eigenvalue weighted by Crippen LogP contribution is -2.54. The van der Waals surface area contributed by atoms with E-state index in [-0.39, 0.29) is 0 Å². The molecule has 1 amide bonds. The number of esters is 2. The summed E-state index contributed by atoms with van der Waals surface area (Å²) in [6.45, 7) is 14.3. The lowest BCUT2D eigenvalue weighted by molar-refractivity contribution is -0.148. The Labute approximate surface area is 179 Å². The molecule has 0 saturated carbocycles. The Bertz CT molecular complexity index is 768. The highest BCUT2D eigenvalue weighted by Crippen LogP contribution is 2.32. The van der Waals surface area contributed by atoms with E-state index in [1.54, 1.807) is 65.8 Å². The molecule has 0 saturated heterocycles. The summed E-state index contributed by atoms with van der Waals surface area (Å²) in [5, 5.41) is 0. The lowest BCUT2D eigenvalue weighted by Gasteiger charge is -2.39. The van der Waals surface area contributed by atoms with Gasteiger partial charge in [0.25, 0.3) is 0 Å². The Morgan fingerprint density at radius 2 is 1.30 bits per heavy atom. The van der Waals surface area contributed by atoms with E-state index in [1.165, 1.54) is 19.1 Å². The molecule has 168 valence electrons. The van der Waals surface area contributed by atoms with E-state index in [2.05, 4.69) is 0 Å². The van der Waals surface area contributed by atoms with Gasteiger partial charge in [-0.05, 0) is 59.2 Å². The number of hydrogen-bond acceptors (Lipinski definition) is 6. The maximum Gasteiger partial charge on any atom is 0.410 e. The van der Waals surface area contributed by atoms with Crippen molar-refractivity contribution in [1.29, 1.82) is 0 Å². The fraction of sp³-hybridized carbons (Fsp3) is 0.609. The Morgan fingerprint density at radius 1 is 0.833 bits per heavy atom. The molecule has 0 bridgehead atoms.